The Kier molecular flexibility index (Phi) is 3.83. The van der Waals surface area contributed by atoms with E-state index in [1.165, 1.54) is 13.2 Å². The van der Waals surface area contributed by atoms with Gasteiger partial charge >= 0.3 is 5.97 Å². The van der Waals surface area contributed by atoms with Crippen molar-refractivity contribution in [3.63, 3.8) is 0 Å². The number of ether oxygens (including phenoxy) is 1. The van der Waals surface area contributed by atoms with E-state index in [9.17, 15) is 4.79 Å². The van der Waals surface area contributed by atoms with Gasteiger partial charge in [0.15, 0.2) is 0 Å². The Hall–Kier alpha value is -0.930. The van der Waals surface area contributed by atoms with E-state index in [1.807, 2.05) is 0 Å². The molecule has 0 radical (unpaired) electrons. The van der Waals surface area contributed by atoms with Crippen LogP contribution < -0.4 is 5.73 Å². The largest absolute Gasteiger partial charge is 0.469 e. The Bertz CT molecular complexity index is 393. The molecule has 0 aliphatic carbocycles. The maximum Gasteiger partial charge on any atom is 0.312 e. The molecule has 2 N–H and O–H groups in total. The van der Waals surface area contributed by atoms with Gasteiger partial charge in [0, 0.05) is 5.69 Å². The maximum atomic E-state index is 11.3. The summed E-state index contributed by atoms with van der Waals surface area (Å²) in [4.78, 5) is 11.3. The molecule has 0 bridgehead atoms. The summed E-state index contributed by atoms with van der Waals surface area (Å²) in [5, 5.41) is 0.742. The zero-order valence-electron chi connectivity index (χ0n) is 8.38. The number of hydrogen-bond acceptors (Lipinski definition) is 3. The molecular weight excluding hydrogens is 237 g/mol. The highest BCUT2D eigenvalue weighted by atomic mass is 35.5. The van der Waals surface area contributed by atoms with Gasteiger partial charge in [0.25, 0.3) is 0 Å². The molecule has 1 atom stereocenters. The lowest BCUT2D eigenvalue weighted by atomic mass is 9.99. The van der Waals surface area contributed by atoms with Gasteiger partial charge < -0.3 is 10.5 Å². The average molecular weight is 248 g/mol. The van der Waals surface area contributed by atoms with Gasteiger partial charge in [0.05, 0.1) is 23.1 Å². The number of benzene rings is 1. The molecule has 0 saturated heterocycles. The molecule has 3 nitrogen and oxygen atoms in total. The van der Waals surface area contributed by atoms with Crippen molar-refractivity contribution in [3.05, 3.63) is 27.7 Å². The summed E-state index contributed by atoms with van der Waals surface area (Å²) in [7, 11) is 1.33. The van der Waals surface area contributed by atoms with Gasteiger partial charge in [-0.1, -0.05) is 23.2 Å². The Morgan fingerprint density at radius 3 is 2.47 bits per heavy atom. The molecule has 5 heteroatoms. The first-order valence-electron chi connectivity index (χ1n) is 4.29. The van der Waals surface area contributed by atoms with Crippen molar-refractivity contribution in [2.24, 2.45) is 0 Å². The number of esters is 1. The van der Waals surface area contributed by atoms with Crippen LogP contribution in [0.2, 0.25) is 10.0 Å². The van der Waals surface area contributed by atoms with Crippen LogP contribution in [0.15, 0.2) is 12.1 Å². The number of rotatable bonds is 2. The molecule has 0 spiro atoms. The Morgan fingerprint density at radius 1 is 1.40 bits per heavy atom. The van der Waals surface area contributed by atoms with Crippen molar-refractivity contribution < 1.29 is 9.53 Å². The van der Waals surface area contributed by atoms with Crippen molar-refractivity contribution in [3.8, 4) is 0 Å². The van der Waals surface area contributed by atoms with Crippen LogP contribution in [-0.2, 0) is 9.53 Å². The smallest absolute Gasteiger partial charge is 0.312 e. The highest BCUT2D eigenvalue weighted by molar-refractivity contribution is 6.42. The monoisotopic (exact) mass is 247 g/mol. The first kappa shape index (κ1) is 12.1. The van der Waals surface area contributed by atoms with Crippen LogP contribution in [0.4, 0.5) is 5.69 Å². The lowest BCUT2D eigenvalue weighted by molar-refractivity contribution is -0.141. The SMILES string of the molecule is COC(=O)C(C)c1cc(Cl)c(Cl)cc1N. The van der Waals surface area contributed by atoms with Crippen molar-refractivity contribution in [2.75, 3.05) is 12.8 Å². The maximum absolute atomic E-state index is 11.3. The molecule has 15 heavy (non-hydrogen) atoms. The Morgan fingerprint density at radius 2 is 1.93 bits per heavy atom. The van der Waals surface area contributed by atoms with Gasteiger partial charge in [-0.15, -0.1) is 0 Å². The summed E-state index contributed by atoms with van der Waals surface area (Å²) in [6, 6.07) is 3.11. The minimum atomic E-state index is -0.454. The molecular formula is C10H11Cl2NO2. The number of nitrogen functional groups attached to an aromatic ring is 1. The topological polar surface area (TPSA) is 52.3 Å². The van der Waals surface area contributed by atoms with Gasteiger partial charge in [0.1, 0.15) is 0 Å². The number of halogens is 2. The van der Waals surface area contributed by atoms with Gasteiger partial charge in [0.2, 0.25) is 0 Å². The molecule has 0 aromatic heterocycles. The molecule has 0 saturated carbocycles. The first-order valence-corrected chi connectivity index (χ1v) is 5.05. The van der Waals surface area contributed by atoms with E-state index in [0.29, 0.717) is 21.3 Å². The second-order valence-corrected chi connectivity index (χ2v) is 3.95. The van der Waals surface area contributed by atoms with Crippen LogP contribution in [0.25, 0.3) is 0 Å². The van der Waals surface area contributed by atoms with Crippen LogP contribution in [-0.4, -0.2) is 13.1 Å². The minimum Gasteiger partial charge on any atom is -0.469 e. The number of anilines is 1. The lowest BCUT2D eigenvalue weighted by Gasteiger charge is -2.13. The van der Waals surface area contributed by atoms with Gasteiger partial charge in [-0.25, -0.2) is 0 Å². The van der Waals surface area contributed by atoms with E-state index >= 15 is 0 Å². The third-order valence-electron chi connectivity index (χ3n) is 2.15. The second-order valence-electron chi connectivity index (χ2n) is 3.14. The quantitative estimate of drug-likeness (QED) is 0.646. The number of carbonyl (C=O) groups excluding carboxylic acids is 1. The van der Waals surface area contributed by atoms with E-state index in [0.717, 1.165) is 0 Å². The van der Waals surface area contributed by atoms with Crippen LogP contribution in [0, 0.1) is 0 Å². The van der Waals surface area contributed by atoms with E-state index in [2.05, 4.69) is 4.74 Å². The van der Waals surface area contributed by atoms with E-state index in [4.69, 9.17) is 28.9 Å². The molecule has 0 aliphatic heterocycles. The predicted molar refractivity (Wildman–Crippen MR) is 61.3 cm³/mol. The van der Waals surface area contributed by atoms with E-state index in [1.54, 1.807) is 13.0 Å². The van der Waals surface area contributed by atoms with Crippen molar-refractivity contribution >= 4 is 34.9 Å². The van der Waals surface area contributed by atoms with Gasteiger partial charge in [-0.3, -0.25) is 4.79 Å². The zero-order valence-corrected chi connectivity index (χ0v) is 9.89. The van der Waals surface area contributed by atoms with Gasteiger partial charge in [-0.2, -0.15) is 0 Å². The highest BCUT2D eigenvalue weighted by Crippen LogP contribution is 2.31. The summed E-state index contributed by atoms with van der Waals surface area (Å²) in [6.45, 7) is 1.70. The molecule has 0 heterocycles. The predicted octanol–water partition coefficient (Wildman–Crippen LogP) is 2.85. The van der Waals surface area contributed by atoms with Crippen molar-refractivity contribution in [2.45, 2.75) is 12.8 Å². The summed E-state index contributed by atoms with van der Waals surface area (Å²) in [6.07, 6.45) is 0. The summed E-state index contributed by atoms with van der Waals surface area (Å²) in [5.74, 6) is -0.815. The molecule has 0 fully saturated rings. The number of methoxy groups -OCH3 is 1. The van der Waals surface area contributed by atoms with Crippen molar-refractivity contribution in [1.82, 2.24) is 0 Å². The average Bonchev–Trinajstić information content (AvgIpc) is 2.21. The van der Waals surface area contributed by atoms with Crippen LogP contribution in [0.1, 0.15) is 18.4 Å². The number of hydrogen-bond donors (Lipinski definition) is 1. The minimum absolute atomic E-state index is 0.361. The molecule has 1 rings (SSSR count). The molecule has 0 amide bonds. The normalized spacial score (nSPS) is 12.3. The highest BCUT2D eigenvalue weighted by Gasteiger charge is 2.19. The number of nitrogens with two attached hydrogens (primary N) is 1. The molecule has 1 unspecified atom stereocenters. The fourth-order valence-corrected chi connectivity index (χ4v) is 1.60. The second kappa shape index (κ2) is 4.73. The van der Waals surface area contributed by atoms with Crippen LogP contribution in [0.5, 0.6) is 0 Å². The third-order valence-corrected chi connectivity index (χ3v) is 2.87. The Labute approximate surface area is 98.1 Å². The standard InChI is InChI=1S/C10H11Cl2NO2/c1-5(10(14)15-2)6-3-7(11)8(12)4-9(6)13/h3-5H,13H2,1-2H3. The fourth-order valence-electron chi connectivity index (χ4n) is 1.26. The molecule has 1 aromatic rings. The van der Waals surface area contributed by atoms with E-state index < -0.39 is 5.92 Å². The molecule has 82 valence electrons. The van der Waals surface area contributed by atoms with Crippen LogP contribution >= 0.6 is 23.2 Å². The van der Waals surface area contributed by atoms with Crippen molar-refractivity contribution in [1.29, 1.82) is 0 Å². The van der Waals surface area contributed by atoms with Gasteiger partial charge in [-0.05, 0) is 24.6 Å². The molecule has 0 aliphatic rings. The lowest BCUT2D eigenvalue weighted by Crippen LogP contribution is -2.12. The Balaban J connectivity index is 3.14. The summed E-state index contributed by atoms with van der Waals surface area (Å²) in [5.41, 5.74) is 6.79. The van der Waals surface area contributed by atoms with Crippen LogP contribution in [0.3, 0.4) is 0 Å². The zero-order chi connectivity index (χ0) is 11.6. The fraction of sp³-hybridized carbons (Fsp3) is 0.300. The summed E-state index contributed by atoms with van der Waals surface area (Å²) < 4.78 is 4.62. The third kappa shape index (κ3) is 2.55. The molecule has 1 aromatic carbocycles. The first-order chi connectivity index (χ1) is 6.97. The number of carbonyl (C=O) groups is 1. The van der Waals surface area contributed by atoms with E-state index in [-0.39, 0.29) is 5.97 Å². The summed E-state index contributed by atoms with van der Waals surface area (Å²) >= 11 is 11.6.